The SMILES string of the molecule is CCN(C)C(C(=O)N1CCC(N2CCNC2=O)CC1)c1ccccc1. The minimum absolute atomic E-state index is 0.0395. The summed E-state index contributed by atoms with van der Waals surface area (Å²) in [4.78, 5) is 31.0. The first-order valence-electron chi connectivity index (χ1n) is 9.20. The number of nitrogens with one attached hydrogen (secondary N) is 1. The Balaban J connectivity index is 1.66. The number of rotatable bonds is 5. The zero-order chi connectivity index (χ0) is 17.8. The molecular formula is C19H28N4O2. The van der Waals surface area contributed by atoms with Crippen LogP contribution >= 0.6 is 0 Å². The first kappa shape index (κ1) is 17.7. The summed E-state index contributed by atoms with van der Waals surface area (Å²) >= 11 is 0. The first-order chi connectivity index (χ1) is 12.1. The zero-order valence-corrected chi connectivity index (χ0v) is 15.1. The van der Waals surface area contributed by atoms with Gasteiger partial charge < -0.3 is 15.1 Å². The van der Waals surface area contributed by atoms with Crippen LogP contribution in [0.5, 0.6) is 0 Å². The van der Waals surface area contributed by atoms with Gasteiger partial charge in [0.25, 0.3) is 0 Å². The molecule has 3 rings (SSSR count). The van der Waals surface area contributed by atoms with E-state index in [1.165, 1.54) is 0 Å². The van der Waals surface area contributed by atoms with Crippen molar-refractivity contribution in [3.05, 3.63) is 35.9 Å². The maximum Gasteiger partial charge on any atom is 0.317 e. The van der Waals surface area contributed by atoms with Gasteiger partial charge in [-0.05, 0) is 32.0 Å². The number of likely N-dealkylation sites (N-methyl/N-ethyl adjacent to an activating group) is 1. The molecule has 2 aliphatic heterocycles. The monoisotopic (exact) mass is 344 g/mol. The number of piperidine rings is 1. The molecule has 0 radical (unpaired) electrons. The highest BCUT2D eigenvalue weighted by atomic mass is 16.2. The normalized spacial score (nSPS) is 20.0. The number of carbonyl (C=O) groups is 2. The predicted octanol–water partition coefficient (Wildman–Crippen LogP) is 1.70. The Kier molecular flexibility index (Phi) is 5.58. The maximum atomic E-state index is 13.2. The van der Waals surface area contributed by atoms with Gasteiger partial charge in [0, 0.05) is 32.2 Å². The third-order valence-corrected chi connectivity index (χ3v) is 5.40. The minimum Gasteiger partial charge on any atom is -0.341 e. The molecule has 1 aromatic rings. The van der Waals surface area contributed by atoms with Crippen molar-refractivity contribution in [3.8, 4) is 0 Å². The molecular weight excluding hydrogens is 316 g/mol. The summed E-state index contributed by atoms with van der Waals surface area (Å²) in [7, 11) is 2.00. The van der Waals surface area contributed by atoms with Crippen molar-refractivity contribution in [2.24, 2.45) is 0 Å². The Labute approximate surface area is 149 Å². The topological polar surface area (TPSA) is 55.9 Å². The molecule has 6 heteroatoms. The molecule has 2 heterocycles. The van der Waals surface area contributed by atoms with Crippen molar-refractivity contribution in [1.82, 2.24) is 20.0 Å². The van der Waals surface area contributed by atoms with Crippen LogP contribution < -0.4 is 5.32 Å². The van der Waals surface area contributed by atoms with Crippen LogP contribution in [0.25, 0.3) is 0 Å². The molecule has 2 saturated heterocycles. The molecule has 1 N–H and O–H groups in total. The number of likely N-dealkylation sites (tertiary alicyclic amines) is 1. The van der Waals surface area contributed by atoms with Gasteiger partial charge in [-0.2, -0.15) is 0 Å². The van der Waals surface area contributed by atoms with E-state index in [-0.39, 0.29) is 24.0 Å². The van der Waals surface area contributed by atoms with Crippen LogP contribution in [0.1, 0.15) is 31.4 Å². The fraction of sp³-hybridized carbons (Fsp3) is 0.579. The lowest BCUT2D eigenvalue weighted by molar-refractivity contribution is -0.138. The van der Waals surface area contributed by atoms with Crippen LogP contribution in [0.3, 0.4) is 0 Å². The van der Waals surface area contributed by atoms with Crippen molar-refractivity contribution in [3.63, 3.8) is 0 Å². The average Bonchev–Trinajstić information content (AvgIpc) is 3.08. The van der Waals surface area contributed by atoms with Crippen LogP contribution in [0, 0.1) is 0 Å². The standard InChI is InChI=1S/C19H28N4O2/c1-3-21(2)17(15-7-5-4-6-8-15)18(24)22-12-9-16(10-13-22)23-14-11-20-19(23)25/h4-8,16-17H,3,9-14H2,1-2H3,(H,20,25). The van der Waals surface area contributed by atoms with Gasteiger partial charge in [-0.15, -0.1) is 0 Å². The predicted molar refractivity (Wildman–Crippen MR) is 97.2 cm³/mol. The summed E-state index contributed by atoms with van der Waals surface area (Å²) in [6, 6.07) is 10.0. The van der Waals surface area contributed by atoms with Crippen LogP contribution in [0.4, 0.5) is 4.79 Å². The van der Waals surface area contributed by atoms with Gasteiger partial charge in [-0.1, -0.05) is 37.3 Å². The van der Waals surface area contributed by atoms with E-state index in [1.807, 2.05) is 47.2 Å². The molecule has 1 unspecified atom stereocenters. The van der Waals surface area contributed by atoms with Gasteiger partial charge >= 0.3 is 6.03 Å². The lowest BCUT2D eigenvalue weighted by Crippen LogP contribution is -2.50. The van der Waals surface area contributed by atoms with E-state index in [0.29, 0.717) is 13.1 Å². The van der Waals surface area contributed by atoms with Gasteiger partial charge in [-0.25, -0.2) is 4.79 Å². The second kappa shape index (κ2) is 7.87. The van der Waals surface area contributed by atoms with Gasteiger partial charge in [-0.3, -0.25) is 9.69 Å². The van der Waals surface area contributed by atoms with E-state index in [2.05, 4.69) is 17.1 Å². The van der Waals surface area contributed by atoms with Crippen molar-refractivity contribution >= 4 is 11.9 Å². The van der Waals surface area contributed by atoms with E-state index in [9.17, 15) is 9.59 Å². The van der Waals surface area contributed by atoms with Crippen LogP contribution in [-0.2, 0) is 4.79 Å². The number of carbonyl (C=O) groups excluding carboxylic acids is 2. The Hall–Kier alpha value is -2.08. The Bertz CT molecular complexity index is 599. The molecule has 0 aromatic heterocycles. The van der Waals surface area contributed by atoms with Crippen molar-refractivity contribution < 1.29 is 9.59 Å². The van der Waals surface area contributed by atoms with Crippen LogP contribution in [0.2, 0.25) is 0 Å². The number of hydrogen-bond acceptors (Lipinski definition) is 3. The molecule has 2 aliphatic rings. The molecule has 25 heavy (non-hydrogen) atoms. The van der Waals surface area contributed by atoms with Crippen LogP contribution in [-0.4, -0.2) is 72.5 Å². The van der Waals surface area contributed by atoms with Gasteiger partial charge in [0.05, 0.1) is 0 Å². The third kappa shape index (κ3) is 3.79. The van der Waals surface area contributed by atoms with Crippen molar-refractivity contribution in [2.45, 2.75) is 31.8 Å². The zero-order valence-electron chi connectivity index (χ0n) is 15.1. The Morgan fingerprint density at radius 1 is 1.24 bits per heavy atom. The second-order valence-corrected chi connectivity index (χ2v) is 6.87. The largest absolute Gasteiger partial charge is 0.341 e. The first-order valence-corrected chi connectivity index (χ1v) is 9.20. The molecule has 1 aromatic carbocycles. The summed E-state index contributed by atoms with van der Waals surface area (Å²) in [5.74, 6) is 0.167. The summed E-state index contributed by atoms with van der Waals surface area (Å²) in [6.07, 6.45) is 1.72. The summed E-state index contributed by atoms with van der Waals surface area (Å²) in [5, 5.41) is 2.86. The number of hydrogen-bond donors (Lipinski definition) is 1. The number of urea groups is 1. The lowest BCUT2D eigenvalue weighted by atomic mass is 9.99. The van der Waals surface area contributed by atoms with E-state index in [1.54, 1.807) is 0 Å². The molecule has 0 bridgehead atoms. The Morgan fingerprint density at radius 2 is 1.92 bits per heavy atom. The lowest BCUT2D eigenvalue weighted by Gasteiger charge is -2.39. The molecule has 3 amide bonds. The fourth-order valence-corrected chi connectivity index (χ4v) is 3.81. The number of benzene rings is 1. The molecule has 6 nitrogen and oxygen atoms in total. The second-order valence-electron chi connectivity index (χ2n) is 6.87. The number of amides is 3. The highest BCUT2D eigenvalue weighted by Gasteiger charge is 2.35. The maximum absolute atomic E-state index is 13.2. The van der Waals surface area contributed by atoms with E-state index in [4.69, 9.17) is 0 Å². The minimum atomic E-state index is -0.238. The molecule has 1 atom stereocenters. The highest BCUT2D eigenvalue weighted by molar-refractivity contribution is 5.83. The Morgan fingerprint density at radius 3 is 2.48 bits per heavy atom. The highest BCUT2D eigenvalue weighted by Crippen LogP contribution is 2.25. The van der Waals surface area contributed by atoms with Crippen LogP contribution in [0.15, 0.2) is 30.3 Å². The fourth-order valence-electron chi connectivity index (χ4n) is 3.81. The summed E-state index contributed by atoms with van der Waals surface area (Å²) < 4.78 is 0. The third-order valence-electron chi connectivity index (χ3n) is 5.40. The van der Waals surface area contributed by atoms with Gasteiger partial charge in [0.15, 0.2) is 0 Å². The van der Waals surface area contributed by atoms with Crippen molar-refractivity contribution in [2.75, 3.05) is 39.8 Å². The van der Waals surface area contributed by atoms with E-state index in [0.717, 1.165) is 38.0 Å². The molecule has 0 saturated carbocycles. The van der Waals surface area contributed by atoms with E-state index >= 15 is 0 Å². The average molecular weight is 344 g/mol. The van der Waals surface area contributed by atoms with Gasteiger partial charge in [0.1, 0.15) is 6.04 Å². The summed E-state index contributed by atoms with van der Waals surface area (Å²) in [6.45, 7) is 5.83. The molecule has 2 fully saturated rings. The molecule has 136 valence electrons. The van der Waals surface area contributed by atoms with Gasteiger partial charge in [0.2, 0.25) is 5.91 Å². The summed E-state index contributed by atoms with van der Waals surface area (Å²) in [5.41, 5.74) is 1.04. The molecule has 0 spiro atoms. The van der Waals surface area contributed by atoms with E-state index < -0.39 is 0 Å². The molecule has 0 aliphatic carbocycles. The quantitative estimate of drug-likeness (QED) is 0.884. The number of nitrogens with zero attached hydrogens (tertiary/aromatic N) is 3. The smallest absolute Gasteiger partial charge is 0.317 e. The van der Waals surface area contributed by atoms with Crippen molar-refractivity contribution in [1.29, 1.82) is 0 Å².